The molecule has 0 saturated heterocycles. The van der Waals surface area contributed by atoms with Crippen molar-refractivity contribution in [3.63, 3.8) is 0 Å². The number of phenols is 1. The Hall–Kier alpha value is -5.43. The molecule has 2 aliphatic heterocycles. The van der Waals surface area contributed by atoms with E-state index in [2.05, 4.69) is 10.6 Å². The number of nitrogens with one attached hydrogen (secondary N) is 2. The van der Waals surface area contributed by atoms with Gasteiger partial charge < -0.3 is 20.8 Å². The zero-order valence-electron chi connectivity index (χ0n) is 22.0. The van der Waals surface area contributed by atoms with Crippen molar-refractivity contribution in [1.82, 2.24) is 0 Å². The number of amides is 2. The second kappa shape index (κ2) is 12.8. The van der Waals surface area contributed by atoms with Gasteiger partial charge >= 0.3 is 5.97 Å². The average molecular weight is 596 g/mol. The van der Waals surface area contributed by atoms with Gasteiger partial charge in [-0.3, -0.25) is 38.9 Å². The first-order valence-electron chi connectivity index (χ1n) is 12.0. The summed E-state index contributed by atoms with van der Waals surface area (Å²) in [5.41, 5.74) is 3.01. The molecule has 0 aromatic heterocycles. The van der Waals surface area contributed by atoms with Gasteiger partial charge in [-0.2, -0.15) is 0 Å². The average Bonchev–Trinajstić information content (AvgIpc) is 3.35. The molecule has 0 unspecified atom stereocenters. The number of hydrogen-bond donors (Lipinski definition) is 4. The standard InChI is InChI=1S/C12H14O4.C8H4ClNO2.C8H4N2O4/c1-7-3-10(6-12(15)16)11(14)5-9(7)4-8(2)13;9-4-1-2-6-5(3-4)7(11)8(12)10-6;11-7-5-3-4(10(13)14)1-2-6(5)9-8(7)12/h3,5,14H,4,6H2,1-2H3,(H,15,16);1-3H,(H,10,11,12);1-3H,(H,9,11,12). The monoisotopic (exact) mass is 595 g/mol. The molecule has 0 atom stereocenters. The minimum atomic E-state index is -0.992. The number of nitro groups is 1. The third kappa shape index (κ3) is 7.40. The van der Waals surface area contributed by atoms with E-state index in [0.717, 1.165) is 17.2 Å². The normalized spacial score (nSPS) is 12.5. The number of Topliss-reactive ketones (excluding diaryl/α,β-unsaturated/α-hetero) is 3. The third-order valence-electron chi connectivity index (χ3n) is 5.91. The lowest BCUT2D eigenvalue weighted by Gasteiger charge is -2.08. The van der Waals surface area contributed by atoms with E-state index in [1.54, 1.807) is 25.1 Å². The maximum Gasteiger partial charge on any atom is 0.307 e. The molecule has 0 saturated carbocycles. The Morgan fingerprint density at radius 3 is 1.93 bits per heavy atom. The lowest BCUT2D eigenvalue weighted by Crippen LogP contribution is -2.12. The first-order valence-corrected chi connectivity index (χ1v) is 12.4. The first-order chi connectivity index (χ1) is 19.7. The van der Waals surface area contributed by atoms with Crippen LogP contribution >= 0.6 is 11.6 Å². The number of carbonyl (C=O) groups excluding carboxylic acids is 5. The molecule has 0 radical (unpaired) electrons. The van der Waals surface area contributed by atoms with Gasteiger partial charge in [-0.25, -0.2) is 0 Å². The van der Waals surface area contributed by atoms with Crippen LogP contribution in [0.15, 0.2) is 48.5 Å². The topological polar surface area (TPSA) is 210 Å². The molecule has 5 rings (SSSR count). The number of carbonyl (C=O) groups is 6. The van der Waals surface area contributed by atoms with Gasteiger partial charge in [0.1, 0.15) is 11.5 Å². The molecular formula is C28H22ClN3O10. The molecule has 42 heavy (non-hydrogen) atoms. The zero-order valence-corrected chi connectivity index (χ0v) is 22.8. The van der Waals surface area contributed by atoms with Crippen LogP contribution in [0.1, 0.15) is 44.3 Å². The fourth-order valence-corrected chi connectivity index (χ4v) is 4.09. The largest absolute Gasteiger partial charge is 0.508 e. The van der Waals surface area contributed by atoms with Crippen LogP contribution in [-0.4, -0.2) is 50.3 Å². The van der Waals surface area contributed by atoms with E-state index in [4.69, 9.17) is 16.7 Å². The van der Waals surface area contributed by atoms with Crippen molar-refractivity contribution < 1.29 is 43.9 Å². The number of nitro benzene ring substituents is 1. The molecule has 216 valence electrons. The Morgan fingerprint density at radius 1 is 0.857 bits per heavy atom. The van der Waals surface area contributed by atoms with Gasteiger partial charge in [0.15, 0.2) is 0 Å². The van der Waals surface area contributed by atoms with Crippen molar-refractivity contribution >= 4 is 63.8 Å². The molecule has 13 nitrogen and oxygen atoms in total. The maximum absolute atomic E-state index is 11.1. The zero-order chi connectivity index (χ0) is 31.3. The van der Waals surface area contributed by atoms with E-state index in [1.165, 1.54) is 31.2 Å². The number of carboxylic acids is 1. The van der Waals surface area contributed by atoms with Crippen molar-refractivity contribution in [1.29, 1.82) is 0 Å². The van der Waals surface area contributed by atoms with Gasteiger partial charge in [-0.15, -0.1) is 0 Å². The highest BCUT2D eigenvalue weighted by molar-refractivity contribution is 6.52. The Bertz CT molecular complexity index is 1640. The molecule has 0 bridgehead atoms. The van der Waals surface area contributed by atoms with Gasteiger partial charge in [-0.1, -0.05) is 17.7 Å². The molecule has 14 heteroatoms. The van der Waals surface area contributed by atoms with E-state index in [0.29, 0.717) is 27.5 Å². The SMILES string of the molecule is CC(=O)Cc1cc(O)c(CC(=O)O)cc1C.O=C1Nc2ccc(Cl)cc2C1=O.O=C1Nc2ccc([N+](=O)[O-])cc2C1=O. The van der Waals surface area contributed by atoms with E-state index < -0.39 is 34.3 Å². The lowest BCUT2D eigenvalue weighted by atomic mass is 9.99. The smallest absolute Gasteiger partial charge is 0.307 e. The number of aryl methyl sites for hydroxylation is 1. The molecule has 0 spiro atoms. The second-order valence-electron chi connectivity index (χ2n) is 9.10. The number of phenolic OH excluding ortho intramolecular Hbond substituents is 1. The summed E-state index contributed by atoms with van der Waals surface area (Å²) in [4.78, 5) is 75.2. The highest BCUT2D eigenvalue weighted by atomic mass is 35.5. The Balaban J connectivity index is 0.000000174. The molecule has 3 aromatic carbocycles. The van der Waals surface area contributed by atoms with Crippen LogP contribution in [0.25, 0.3) is 0 Å². The number of ketones is 3. The number of carboxylic acid groups (broad SMARTS) is 1. The van der Waals surface area contributed by atoms with Crippen LogP contribution in [0, 0.1) is 17.0 Å². The number of fused-ring (bicyclic) bond motifs is 2. The highest BCUT2D eigenvalue weighted by Crippen LogP contribution is 2.27. The molecule has 0 fully saturated rings. The van der Waals surface area contributed by atoms with Gasteiger partial charge in [0, 0.05) is 29.1 Å². The molecule has 4 N–H and O–H groups in total. The molecule has 2 aliphatic rings. The summed E-state index contributed by atoms with van der Waals surface area (Å²) in [5, 5.41) is 33.8. The molecule has 2 heterocycles. The van der Waals surface area contributed by atoms with E-state index in [-0.39, 0.29) is 35.6 Å². The summed E-state index contributed by atoms with van der Waals surface area (Å²) in [6, 6.07) is 11.5. The van der Waals surface area contributed by atoms with Crippen LogP contribution < -0.4 is 10.6 Å². The molecule has 2 amide bonds. The number of benzene rings is 3. The van der Waals surface area contributed by atoms with Crippen LogP contribution in [0.3, 0.4) is 0 Å². The van der Waals surface area contributed by atoms with Crippen molar-refractivity contribution in [2.75, 3.05) is 10.6 Å². The number of non-ortho nitro benzene ring substituents is 1. The Labute approximate surface area is 242 Å². The van der Waals surface area contributed by atoms with E-state index >= 15 is 0 Å². The van der Waals surface area contributed by atoms with E-state index in [1.807, 2.05) is 0 Å². The number of halogens is 1. The number of rotatable bonds is 5. The van der Waals surface area contributed by atoms with Gasteiger partial charge in [0.2, 0.25) is 0 Å². The summed E-state index contributed by atoms with van der Waals surface area (Å²) in [5.74, 6) is -3.64. The van der Waals surface area contributed by atoms with Crippen molar-refractivity contribution in [2.45, 2.75) is 26.7 Å². The number of hydrogen-bond acceptors (Lipinski definition) is 9. The first kappa shape index (κ1) is 31.1. The molecule has 3 aromatic rings. The van der Waals surface area contributed by atoms with Crippen LogP contribution in [0.2, 0.25) is 5.02 Å². The lowest BCUT2D eigenvalue weighted by molar-refractivity contribution is -0.384. The quantitative estimate of drug-likeness (QED) is 0.191. The second-order valence-corrected chi connectivity index (χ2v) is 9.54. The summed E-state index contributed by atoms with van der Waals surface area (Å²) < 4.78 is 0. The highest BCUT2D eigenvalue weighted by Gasteiger charge is 2.29. The Kier molecular flexibility index (Phi) is 9.50. The third-order valence-corrected chi connectivity index (χ3v) is 6.15. The predicted molar refractivity (Wildman–Crippen MR) is 149 cm³/mol. The van der Waals surface area contributed by atoms with Crippen LogP contribution in [0.4, 0.5) is 17.1 Å². The molecular weight excluding hydrogens is 574 g/mol. The summed E-state index contributed by atoms with van der Waals surface area (Å²) >= 11 is 5.65. The Morgan fingerprint density at radius 2 is 1.40 bits per heavy atom. The number of anilines is 2. The van der Waals surface area contributed by atoms with Crippen LogP contribution in [0.5, 0.6) is 5.75 Å². The number of aliphatic carboxylic acids is 1. The van der Waals surface area contributed by atoms with Crippen molar-refractivity contribution in [3.05, 3.63) is 91.5 Å². The minimum absolute atomic E-state index is 0.00786. The van der Waals surface area contributed by atoms with Crippen LogP contribution in [-0.2, 0) is 32.0 Å². The van der Waals surface area contributed by atoms with Gasteiger partial charge in [0.25, 0.3) is 29.1 Å². The number of nitrogens with zero attached hydrogens (tertiary/aromatic N) is 1. The fourth-order valence-electron chi connectivity index (χ4n) is 3.92. The number of aromatic hydroxyl groups is 1. The summed E-state index contributed by atoms with van der Waals surface area (Å²) in [6.45, 7) is 3.27. The summed E-state index contributed by atoms with van der Waals surface area (Å²) in [6.07, 6.45) is 0.0414. The minimum Gasteiger partial charge on any atom is -0.508 e. The summed E-state index contributed by atoms with van der Waals surface area (Å²) in [7, 11) is 0. The predicted octanol–water partition coefficient (Wildman–Crippen LogP) is 3.66. The van der Waals surface area contributed by atoms with Crippen molar-refractivity contribution in [3.8, 4) is 5.75 Å². The van der Waals surface area contributed by atoms with Gasteiger partial charge in [0.05, 0.1) is 33.8 Å². The molecule has 0 aliphatic carbocycles. The van der Waals surface area contributed by atoms with Gasteiger partial charge in [-0.05, 0) is 55.3 Å². The van der Waals surface area contributed by atoms with E-state index in [9.17, 15) is 44.0 Å². The van der Waals surface area contributed by atoms with Crippen molar-refractivity contribution in [2.24, 2.45) is 0 Å². The fraction of sp³-hybridized carbons (Fsp3) is 0.143. The maximum atomic E-state index is 11.1.